The van der Waals surface area contributed by atoms with Gasteiger partial charge in [-0.1, -0.05) is 0 Å². The van der Waals surface area contributed by atoms with Gasteiger partial charge in [0.2, 0.25) is 6.41 Å². The first-order chi connectivity index (χ1) is 10.6. The summed E-state index contributed by atoms with van der Waals surface area (Å²) in [4.78, 5) is 25.1. The number of amides is 1. The van der Waals surface area contributed by atoms with Gasteiger partial charge in [-0.25, -0.2) is 4.79 Å². The van der Waals surface area contributed by atoms with Crippen molar-refractivity contribution < 1.29 is 24.2 Å². The van der Waals surface area contributed by atoms with Gasteiger partial charge in [0.15, 0.2) is 11.5 Å². The topological polar surface area (TPSA) is 76.1 Å². The molecule has 6 nitrogen and oxygen atoms in total. The van der Waals surface area contributed by atoms with Crippen LogP contribution >= 0.6 is 0 Å². The first kappa shape index (κ1) is 14.7. The highest BCUT2D eigenvalue weighted by molar-refractivity contribution is 5.90. The maximum atomic E-state index is 12.2. The lowest BCUT2D eigenvalue weighted by Gasteiger charge is -2.35. The molecule has 6 heteroatoms. The van der Waals surface area contributed by atoms with E-state index in [9.17, 15) is 14.7 Å². The van der Waals surface area contributed by atoms with Crippen LogP contribution in [0.1, 0.15) is 36.0 Å². The molecular formula is C16H19NO5. The van der Waals surface area contributed by atoms with Crippen LogP contribution in [0.15, 0.2) is 18.2 Å². The number of piperidine rings is 1. The number of ether oxygens (including phenoxy) is 2. The summed E-state index contributed by atoms with van der Waals surface area (Å²) in [6, 6.07) is 4.75. The van der Waals surface area contributed by atoms with Gasteiger partial charge in [0.25, 0.3) is 0 Å². The summed E-state index contributed by atoms with van der Waals surface area (Å²) in [7, 11) is 1.43. The number of hydrogen-bond acceptors (Lipinski definition) is 5. The number of carbonyl (C=O) groups is 2. The average molecular weight is 305 g/mol. The van der Waals surface area contributed by atoms with Crippen molar-refractivity contribution >= 4 is 12.4 Å². The third-order valence-corrected chi connectivity index (χ3v) is 4.56. The molecule has 2 aliphatic rings. The van der Waals surface area contributed by atoms with E-state index in [1.807, 2.05) is 4.90 Å². The van der Waals surface area contributed by atoms with Crippen LogP contribution in [0.3, 0.4) is 0 Å². The van der Waals surface area contributed by atoms with E-state index < -0.39 is 5.97 Å². The van der Waals surface area contributed by atoms with Gasteiger partial charge in [0, 0.05) is 24.9 Å². The summed E-state index contributed by atoms with van der Waals surface area (Å²) in [5.41, 5.74) is 0.347. The van der Waals surface area contributed by atoms with Crippen molar-refractivity contribution in [3.63, 3.8) is 0 Å². The molecule has 1 N–H and O–H groups in total. The van der Waals surface area contributed by atoms with Gasteiger partial charge in [0.1, 0.15) is 6.10 Å². The van der Waals surface area contributed by atoms with Gasteiger partial charge < -0.3 is 19.5 Å². The normalized spacial score (nSPS) is 26.6. The van der Waals surface area contributed by atoms with E-state index in [2.05, 4.69) is 0 Å². The number of carbonyl (C=O) groups excluding carboxylic acids is 2. The van der Waals surface area contributed by atoms with Crippen molar-refractivity contribution in [2.45, 2.75) is 43.9 Å². The summed E-state index contributed by atoms with van der Waals surface area (Å²) in [6.07, 6.45) is 4.08. The zero-order valence-corrected chi connectivity index (χ0v) is 12.4. The Bertz CT molecular complexity index is 574. The molecule has 2 heterocycles. The molecule has 1 aromatic carbocycles. The minimum absolute atomic E-state index is 0.0172. The molecule has 3 rings (SSSR count). The Labute approximate surface area is 128 Å². The number of methoxy groups -OCH3 is 1. The fourth-order valence-corrected chi connectivity index (χ4v) is 3.46. The summed E-state index contributed by atoms with van der Waals surface area (Å²) in [5, 5.41) is 9.56. The van der Waals surface area contributed by atoms with E-state index in [1.165, 1.54) is 25.3 Å². The van der Waals surface area contributed by atoms with Gasteiger partial charge in [-0.05, 0) is 31.0 Å². The van der Waals surface area contributed by atoms with E-state index in [-0.39, 0.29) is 29.7 Å². The first-order valence-electron chi connectivity index (χ1n) is 7.43. The van der Waals surface area contributed by atoms with E-state index in [4.69, 9.17) is 9.47 Å². The van der Waals surface area contributed by atoms with Crippen LogP contribution in [-0.2, 0) is 9.53 Å². The smallest absolute Gasteiger partial charge is 0.338 e. The number of phenols is 1. The monoisotopic (exact) mass is 305 g/mol. The highest BCUT2D eigenvalue weighted by Crippen LogP contribution is 2.36. The average Bonchev–Trinajstić information content (AvgIpc) is 2.77. The van der Waals surface area contributed by atoms with E-state index in [1.54, 1.807) is 0 Å². The van der Waals surface area contributed by atoms with Crippen LogP contribution in [0.2, 0.25) is 0 Å². The van der Waals surface area contributed by atoms with Gasteiger partial charge in [-0.15, -0.1) is 0 Å². The molecule has 2 fully saturated rings. The van der Waals surface area contributed by atoms with Crippen molar-refractivity contribution in [2.75, 3.05) is 7.11 Å². The number of esters is 1. The molecule has 1 amide bonds. The highest BCUT2D eigenvalue weighted by Gasteiger charge is 2.41. The van der Waals surface area contributed by atoms with Crippen molar-refractivity contribution in [1.82, 2.24) is 4.90 Å². The molecule has 0 aliphatic carbocycles. The maximum absolute atomic E-state index is 12.2. The Kier molecular flexibility index (Phi) is 3.92. The predicted molar refractivity (Wildman–Crippen MR) is 77.8 cm³/mol. The molecular weight excluding hydrogens is 286 g/mol. The third-order valence-electron chi connectivity index (χ3n) is 4.56. The minimum atomic E-state index is -0.428. The Morgan fingerprint density at radius 2 is 2.00 bits per heavy atom. The summed E-state index contributed by atoms with van der Waals surface area (Å²) < 4.78 is 10.6. The van der Waals surface area contributed by atoms with Crippen molar-refractivity contribution in [3.8, 4) is 11.5 Å². The number of rotatable bonds is 4. The van der Waals surface area contributed by atoms with Crippen LogP contribution in [0, 0.1) is 0 Å². The molecule has 1 aromatic rings. The molecule has 0 aromatic heterocycles. The SMILES string of the molecule is COc1cc(C(=O)OC2CC3CCC(C2)N3C=O)ccc1O. The largest absolute Gasteiger partial charge is 0.504 e. The zero-order valence-electron chi connectivity index (χ0n) is 12.4. The number of nitrogens with zero attached hydrogens (tertiary/aromatic N) is 1. The third kappa shape index (κ3) is 2.61. The zero-order chi connectivity index (χ0) is 15.7. The molecule has 2 atom stereocenters. The van der Waals surface area contributed by atoms with Gasteiger partial charge in [-0.2, -0.15) is 0 Å². The second-order valence-electron chi connectivity index (χ2n) is 5.82. The number of fused-ring (bicyclic) bond motifs is 2. The van der Waals surface area contributed by atoms with E-state index >= 15 is 0 Å². The number of hydrogen-bond donors (Lipinski definition) is 1. The number of phenolic OH excluding ortho intramolecular Hbond substituents is 1. The van der Waals surface area contributed by atoms with Gasteiger partial charge >= 0.3 is 5.97 Å². The van der Waals surface area contributed by atoms with Gasteiger partial charge in [0.05, 0.1) is 12.7 Å². The standard InChI is InChI=1S/C16H19NO5/c1-21-15-6-10(2-5-14(15)19)16(20)22-13-7-11-3-4-12(8-13)17(11)9-18/h2,5-6,9,11-13,19H,3-4,7-8H2,1H3. The van der Waals surface area contributed by atoms with Gasteiger partial charge in [-0.3, -0.25) is 4.79 Å². The molecule has 2 bridgehead atoms. The fraction of sp³-hybridized carbons (Fsp3) is 0.500. The molecule has 2 saturated heterocycles. The lowest BCUT2D eigenvalue weighted by molar-refractivity contribution is -0.123. The summed E-state index contributed by atoms with van der Waals surface area (Å²) in [5.74, 6) is -0.205. The maximum Gasteiger partial charge on any atom is 0.338 e. The Morgan fingerprint density at radius 1 is 1.32 bits per heavy atom. The molecule has 22 heavy (non-hydrogen) atoms. The fourth-order valence-electron chi connectivity index (χ4n) is 3.46. The molecule has 2 unspecified atom stereocenters. The number of aromatic hydroxyl groups is 1. The molecule has 0 saturated carbocycles. The van der Waals surface area contributed by atoms with Crippen LogP contribution in [0.25, 0.3) is 0 Å². The molecule has 0 spiro atoms. The van der Waals surface area contributed by atoms with Crippen molar-refractivity contribution in [1.29, 1.82) is 0 Å². The Balaban J connectivity index is 1.67. The summed E-state index contributed by atoms with van der Waals surface area (Å²) in [6.45, 7) is 0. The first-order valence-corrected chi connectivity index (χ1v) is 7.43. The Hall–Kier alpha value is -2.24. The molecule has 0 radical (unpaired) electrons. The van der Waals surface area contributed by atoms with E-state index in [0.717, 1.165) is 19.3 Å². The van der Waals surface area contributed by atoms with Crippen molar-refractivity contribution in [2.24, 2.45) is 0 Å². The quantitative estimate of drug-likeness (QED) is 0.677. The van der Waals surface area contributed by atoms with E-state index in [0.29, 0.717) is 18.4 Å². The second kappa shape index (κ2) is 5.87. The highest BCUT2D eigenvalue weighted by atomic mass is 16.5. The summed E-state index contributed by atoms with van der Waals surface area (Å²) >= 11 is 0. The lowest BCUT2D eigenvalue weighted by Crippen LogP contribution is -2.45. The van der Waals surface area contributed by atoms with Crippen LogP contribution in [-0.4, -0.2) is 47.7 Å². The van der Waals surface area contributed by atoms with Crippen molar-refractivity contribution in [3.05, 3.63) is 23.8 Å². The Morgan fingerprint density at radius 3 is 2.59 bits per heavy atom. The van der Waals surface area contributed by atoms with Crippen LogP contribution in [0.4, 0.5) is 0 Å². The molecule has 2 aliphatic heterocycles. The lowest BCUT2D eigenvalue weighted by atomic mass is 10.0. The minimum Gasteiger partial charge on any atom is -0.504 e. The molecule has 118 valence electrons. The van der Waals surface area contributed by atoms with Crippen LogP contribution in [0.5, 0.6) is 11.5 Å². The predicted octanol–water partition coefficient (Wildman–Crippen LogP) is 1.71. The number of benzene rings is 1. The van der Waals surface area contributed by atoms with Crippen LogP contribution < -0.4 is 4.74 Å². The second-order valence-corrected chi connectivity index (χ2v) is 5.82.